The van der Waals surface area contributed by atoms with Crippen molar-refractivity contribution < 1.29 is 24.2 Å². The largest absolute Gasteiger partial charge is 0.469 e. The number of rotatable bonds is 6. The molecule has 1 atom stereocenters. The fourth-order valence-electron chi connectivity index (χ4n) is 3.16. The molecule has 0 fully saturated rings. The number of Topliss-reactive ketones (excluding diaryl/α,β-unsaturated/α-hetero) is 1. The molecular weight excluding hydrogens is 334 g/mol. The van der Waals surface area contributed by atoms with Crippen molar-refractivity contribution in [2.24, 2.45) is 0 Å². The van der Waals surface area contributed by atoms with Gasteiger partial charge in [-0.3, -0.25) is 14.4 Å². The SMILES string of the molecule is COC(=O)CCN1C(=O)[C@](O)(CC(=O)c2ccccc2)c2ccccc21. The first-order valence-electron chi connectivity index (χ1n) is 8.26. The number of carbonyl (C=O) groups is 3. The van der Waals surface area contributed by atoms with Gasteiger partial charge < -0.3 is 14.7 Å². The highest BCUT2D eigenvalue weighted by molar-refractivity contribution is 6.10. The number of methoxy groups -OCH3 is 1. The fraction of sp³-hybridized carbons (Fsp3) is 0.250. The lowest BCUT2D eigenvalue weighted by Gasteiger charge is -2.22. The second-order valence-electron chi connectivity index (χ2n) is 6.13. The molecule has 0 bridgehead atoms. The zero-order valence-corrected chi connectivity index (χ0v) is 14.3. The molecule has 1 amide bonds. The molecule has 0 radical (unpaired) electrons. The molecule has 0 unspecified atom stereocenters. The summed E-state index contributed by atoms with van der Waals surface area (Å²) in [6.45, 7) is 0.0738. The van der Waals surface area contributed by atoms with E-state index in [-0.39, 0.29) is 25.2 Å². The summed E-state index contributed by atoms with van der Waals surface area (Å²) in [5.41, 5.74) is -0.636. The van der Waals surface area contributed by atoms with Crippen LogP contribution in [0.15, 0.2) is 54.6 Å². The Morgan fingerprint density at radius 2 is 1.73 bits per heavy atom. The molecule has 1 aliphatic heterocycles. The first-order chi connectivity index (χ1) is 12.5. The molecule has 1 aliphatic rings. The van der Waals surface area contributed by atoms with E-state index < -0.39 is 17.5 Å². The van der Waals surface area contributed by atoms with Crippen molar-refractivity contribution in [3.63, 3.8) is 0 Å². The maximum absolute atomic E-state index is 12.9. The Kier molecular flexibility index (Phi) is 4.86. The Bertz CT molecular complexity index is 848. The van der Waals surface area contributed by atoms with Crippen molar-refractivity contribution in [3.8, 4) is 0 Å². The standard InChI is InChI=1S/C20H19NO5/c1-26-18(23)11-12-21-16-10-6-5-9-15(16)20(25,19(21)24)13-17(22)14-7-3-2-4-8-14/h2-10,25H,11-13H2,1H3/t20-/m0/s1. The smallest absolute Gasteiger partial charge is 0.307 e. The Labute approximate surface area is 151 Å². The van der Waals surface area contributed by atoms with E-state index in [1.165, 1.54) is 12.0 Å². The molecule has 0 spiro atoms. The highest BCUT2D eigenvalue weighted by Crippen LogP contribution is 2.42. The molecule has 6 heteroatoms. The molecule has 0 saturated heterocycles. The Morgan fingerprint density at radius 3 is 2.42 bits per heavy atom. The van der Waals surface area contributed by atoms with Crippen LogP contribution in [0.25, 0.3) is 0 Å². The van der Waals surface area contributed by atoms with Gasteiger partial charge in [0.25, 0.3) is 5.91 Å². The van der Waals surface area contributed by atoms with Gasteiger partial charge in [0.15, 0.2) is 11.4 Å². The predicted molar refractivity (Wildman–Crippen MR) is 94.7 cm³/mol. The number of hydrogen-bond donors (Lipinski definition) is 1. The van der Waals surface area contributed by atoms with Crippen LogP contribution in [0.2, 0.25) is 0 Å². The van der Waals surface area contributed by atoms with Crippen LogP contribution in [-0.2, 0) is 19.9 Å². The summed E-state index contributed by atoms with van der Waals surface area (Å²) >= 11 is 0. The van der Waals surface area contributed by atoms with E-state index in [2.05, 4.69) is 4.74 Å². The van der Waals surface area contributed by atoms with E-state index in [0.29, 0.717) is 16.8 Å². The summed E-state index contributed by atoms with van der Waals surface area (Å²) in [5.74, 6) is -1.39. The number of fused-ring (bicyclic) bond motifs is 1. The lowest BCUT2D eigenvalue weighted by Crippen LogP contribution is -2.42. The molecule has 2 aromatic carbocycles. The van der Waals surface area contributed by atoms with E-state index in [9.17, 15) is 19.5 Å². The molecule has 1 heterocycles. The summed E-state index contributed by atoms with van der Waals surface area (Å²) in [4.78, 5) is 38.3. The maximum atomic E-state index is 12.9. The minimum Gasteiger partial charge on any atom is -0.469 e. The van der Waals surface area contributed by atoms with E-state index in [0.717, 1.165) is 0 Å². The van der Waals surface area contributed by atoms with Crippen molar-refractivity contribution in [1.82, 2.24) is 0 Å². The number of para-hydroxylation sites is 1. The third-order valence-electron chi connectivity index (χ3n) is 4.52. The minimum absolute atomic E-state index is 0.000708. The van der Waals surface area contributed by atoms with Crippen molar-refractivity contribution in [2.45, 2.75) is 18.4 Å². The van der Waals surface area contributed by atoms with Crippen LogP contribution < -0.4 is 4.90 Å². The molecule has 26 heavy (non-hydrogen) atoms. The van der Waals surface area contributed by atoms with E-state index in [1.54, 1.807) is 54.6 Å². The van der Waals surface area contributed by atoms with E-state index >= 15 is 0 Å². The van der Waals surface area contributed by atoms with E-state index in [4.69, 9.17) is 0 Å². The number of nitrogens with zero attached hydrogens (tertiary/aromatic N) is 1. The van der Waals surface area contributed by atoms with Crippen LogP contribution in [0.1, 0.15) is 28.8 Å². The van der Waals surface area contributed by atoms with Crippen LogP contribution in [0.3, 0.4) is 0 Å². The number of benzene rings is 2. The molecule has 2 aromatic rings. The minimum atomic E-state index is -1.94. The van der Waals surface area contributed by atoms with Crippen LogP contribution in [0.5, 0.6) is 0 Å². The van der Waals surface area contributed by atoms with Gasteiger partial charge in [0.05, 0.1) is 25.6 Å². The van der Waals surface area contributed by atoms with Gasteiger partial charge in [0, 0.05) is 17.7 Å². The molecular formula is C20H19NO5. The summed E-state index contributed by atoms with van der Waals surface area (Å²) in [7, 11) is 1.27. The van der Waals surface area contributed by atoms with Gasteiger partial charge in [-0.15, -0.1) is 0 Å². The van der Waals surface area contributed by atoms with Crippen LogP contribution >= 0.6 is 0 Å². The molecule has 1 N–H and O–H groups in total. The zero-order chi connectivity index (χ0) is 18.7. The monoisotopic (exact) mass is 353 g/mol. The van der Waals surface area contributed by atoms with Crippen LogP contribution in [-0.4, -0.2) is 36.4 Å². The average Bonchev–Trinajstić information content (AvgIpc) is 2.88. The van der Waals surface area contributed by atoms with Crippen molar-refractivity contribution in [2.75, 3.05) is 18.6 Å². The topological polar surface area (TPSA) is 83.9 Å². The number of anilines is 1. The van der Waals surface area contributed by atoms with Gasteiger partial charge in [-0.25, -0.2) is 0 Å². The highest BCUT2D eigenvalue weighted by atomic mass is 16.5. The number of aliphatic hydroxyl groups is 1. The van der Waals surface area contributed by atoms with Gasteiger partial charge in [-0.2, -0.15) is 0 Å². The number of ketones is 1. The quantitative estimate of drug-likeness (QED) is 0.635. The second-order valence-corrected chi connectivity index (χ2v) is 6.13. The maximum Gasteiger partial charge on any atom is 0.307 e. The second kappa shape index (κ2) is 7.09. The Morgan fingerprint density at radius 1 is 1.08 bits per heavy atom. The average molecular weight is 353 g/mol. The molecule has 6 nitrogen and oxygen atoms in total. The molecule has 0 aromatic heterocycles. The predicted octanol–water partition coefficient (Wildman–Crippen LogP) is 2.06. The van der Waals surface area contributed by atoms with Crippen molar-refractivity contribution >= 4 is 23.3 Å². The number of amides is 1. The van der Waals surface area contributed by atoms with Gasteiger partial charge in [0.1, 0.15) is 0 Å². The fourth-order valence-corrected chi connectivity index (χ4v) is 3.16. The molecule has 0 saturated carbocycles. The molecule has 134 valence electrons. The highest BCUT2D eigenvalue weighted by Gasteiger charge is 2.50. The third kappa shape index (κ3) is 3.11. The van der Waals surface area contributed by atoms with Gasteiger partial charge >= 0.3 is 5.97 Å². The van der Waals surface area contributed by atoms with Gasteiger partial charge in [-0.1, -0.05) is 48.5 Å². The van der Waals surface area contributed by atoms with Crippen molar-refractivity contribution in [1.29, 1.82) is 0 Å². The van der Waals surface area contributed by atoms with Gasteiger partial charge in [-0.05, 0) is 6.07 Å². The lowest BCUT2D eigenvalue weighted by atomic mass is 9.88. The summed E-state index contributed by atoms with van der Waals surface area (Å²) in [6.07, 6.45) is -0.360. The van der Waals surface area contributed by atoms with Crippen LogP contribution in [0.4, 0.5) is 5.69 Å². The first-order valence-corrected chi connectivity index (χ1v) is 8.26. The zero-order valence-electron chi connectivity index (χ0n) is 14.3. The molecule has 3 rings (SSSR count). The number of ether oxygens (including phenoxy) is 1. The van der Waals surface area contributed by atoms with E-state index in [1.807, 2.05) is 0 Å². The lowest BCUT2D eigenvalue weighted by molar-refractivity contribution is -0.140. The third-order valence-corrected chi connectivity index (χ3v) is 4.52. The Hall–Kier alpha value is -2.99. The van der Waals surface area contributed by atoms with Gasteiger partial charge in [0.2, 0.25) is 0 Å². The number of hydrogen-bond acceptors (Lipinski definition) is 5. The number of carbonyl (C=O) groups excluding carboxylic acids is 3. The van der Waals surface area contributed by atoms with Crippen molar-refractivity contribution in [3.05, 3.63) is 65.7 Å². The first kappa shape index (κ1) is 17.8. The summed E-state index contributed by atoms with van der Waals surface area (Å²) < 4.78 is 4.61. The summed E-state index contributed by atoms with van der Waals surface area (Å²) in [6, 6.07) is 15.3. The normalized spacial score (nSPS) is 18.5. The molecule has 0 aliphatic carbocycles. The Balaban J connectivity index is 1.90. The van der Waals surface area contributed by atoms with Crippen LogP contribution in [0, 0.1) is 0 Å². The summed E-state index contributed by atoms with van der Waals surface area (Å²) in [5, 5.41) is 11.1. The number of esters is 1.